The maximum Gasteiger partial charge on any atom is 0.272 e. The lowest BCUT2D eigenvalue weighted by atomic mass is 10.0. The van der Waals surface area contributed by atoms with Crippen molar-refractivity contribution in [1.82, 2.24) is 20.5 Å². The van der Waals surface area contributed by atoms with Crippen LogP contribution in [0.25, 0.3) is 22.0 Å². The molecular weight excluding hydrogens is 300 g/mol. The number of aromatic nitrogens is 3. The van der Waals surface area contributed by atoms with Crippen molar-refractivity contribution in [3.8, 4) is 11.1 Å². The van der Waals surface area contributed by atoms with Crippen LogP contribution in [-0.4, -0.2) is 27.1 Å². The van der Waals surface area contributed by atoms with E-state index in [1.165, 1.54) is 0 Å². The van der Waals surface area contributed by atoms with Crippen LogP contribution in [0, 0.1) is 0 Å². The van der Waals surface area contributed by atoms with E-state index in [0.717, 1.165) is 22.0 Å². The number of amides is 1. The Hall–Kier alpha value is -2.40. The van der Waals surface area contributed by atoms with Gasteiger partial charge < -0.3 is 5.32 Å². The van der Waals surface area contributed by atoms with Gasteiger partial charge in [0.2, 0.25) is 0 Å². The molecule has 0 bridgehead atoms. The van der Waals surface area contributed by atoms with Gasteiger partial charge >= 0.3 is 0 Å². The summed E-state index contributed by atoms with van der Waals surface area (Å²) >= 11 is 5.99. The third-order valence-corrected chi connectivity index (χ3v) is 3.44. The number of nitrogens with one attached hydrogen (secondary N) is 2. The third-order valence-electron chi connectivity index (χ3n) is 3.24. The van der Waals surface area contributed by atoms with E-state index >= 15 is 0 Å². The number of carbonyl (C=O) groups is 1. The summed E-state index contributed by atoms with van der Waals surface area (Å²) in [4.78, 5) is 16.3. The average molecular weight is 315 g/mol. The van der Waals surface area contributed by atoms with E-state index in [1.807, 2.05) is 38.1 Å². The summed E-state index contributed by atoms with van der Waals surface area (Å²) in [5, 5.41) is 11.2. The van der Waals surface area contributed by atoms with Gasteiger partial charge in [-0.25, -0.2) is 0 Å². The minimum Gasteiger partial charge on any atom is -0.348 e. The predicted molar refractivity (Wildman–Crippen MR) is 86.9 cm³/mol. The van der Waals surface area contributed by atoms with Crippen LogP contribution in [0.2, 0.25) is 5.02 Å². The first kappa shape index (κ1) is 14.5. The number of hydrogen-bond donors (Lipinski definition) is 2. The Labute approximate surface area is 132 Å². The van der Waals surface area contributed by atoms with E-state index in [0.29, 0.717) is 10.7 Å². The highest BCUT2D eigenvalue weighted by molar-refractivity contribution is 6.30. The zero-order valence-corrected chi connectivity index (χ0v) is 13.0. The van der Waals surface area contributed by atoms with Gasteiger partial charge in [-0.15, -0.1) is 0 Å². The zero-order valence-electron chi connectivity index (χ0n) is 12.2. The number of hydrogen-bond acceptors (Lipinski definition) is 3. The van der Waals surface area contributed by atoms with Gasteiger partial charge in [-0.3, -0.25) is 14.9 Å². The Bertz CT molecular complexity index is 841. The van der Waals surface area contributed by atoms with Crippen LogP contribution in [0.4, 0.5) is 0 Å². The summed E-state index contributed by atoms with van der Waals surface area (Å²) in [5.74, 6) is -0.192. The number of nitrogens with zero attached hydrogens (tertiary/aromatic N) is 2. The molecule has 3 aromatic rings. The van der Waals surface area contributed by atoms with Crippen molar-refractivity contribution in [2.24, 2.45) is 0 Å². The molecule has 6 heteroatoms. The number of pyridine rings is 1. The topological polar surface area (TPSA) is 70.7 Å². The Morgan fingerprint density at radius 3 is 2.77 bits per heavy atom. The van der Waals surface area contributed by atoms with Crippen molar-refractivity contribution >= 4 is 28.4 Å². The molecule has 0 fully saturated rings. The van der Waals surface area contributed by atoms with Crippen LogP contribution < -0.4 is 5.32 Å². The molecule has 112 valence electrons. The highest BCUT2D eigenvalue weighted by atomic mass is 35.5. The smallest absolute Gasteiger partial charge is 0.272 e. The summed E-state index contributed by atoms with van der Waals surface area (Å²) in [5.41, 5.74) is 3.03. The molecule has 3 rings (SSSR count). The SMILES string of the molecule is CC(C)NC(=O)c1n[nH]c2ccc(-c3cncc(Cl)c3)cc12. The van der Waals surface area contributed by atoms with Crippen molar-refractivity contribution in [3.63, 3.8) is 0 Å². The largest absolute Gasteiger partial charge is 0.348 e. The summed E-state index contributed by atoms with van der Waals surface area (Å²) < 4.78 is 0. The molecule has 5 nitrogen and oxygen atoms in total. The second-order valence-electron chi connectivity index (χ2n) is 5.35. The van der Waals surface area contributed by atoms with E-state index in [2.05, 4.69) is 20.5 Å². The first-order valence-electron chi connectivity index (χ1n) is 6.94. The molecule has 0 saturated carbocycles. The lowest BCUT2D eigenvalue weighted by Gasteiger charge is -2.06. The number of H-pyrrole nitrogens is 1. The third kappa shape index (κ3) is 2.80. The van der Waals surface area contributed by atoms with Crippen LogP contribution in [0.15, 0.2) is 36.7 Å². The fourth-order valence-electron chi connectivity index (χ4n) is 2.27. The Balaban J connectivity index is 2.07. The van der Waals surface area contributed by atoms with Gasteiger partial charge in [-0.05, 0) is 37.6 Å². The average Bonchev–Trinajstić information content (AvgIpc) is 2.89. The van der Waals surface area contributed by atoms with E-state index in [4.69, 9.17) is 11.6 Å². The Morgan fingerprint density at radius 2 is 2.05 bits per heavy atom. The van der Waals surface area contributed by atoms with Crippen molar-refractivity contribution < 1.29 is 4.79 Å². The molecule has 0 spiro atoms. The van der Waals surface area contributed by atoms with Crippen LogP contribution in [0.1, 0.15) is 24.3 Å². The number of rotatable bonds is 3. The zero-order chi connectivity index (χ0) is 15.7. The lowest BCUT2D eigenvalue weighted by molar-refractivity contribution is 0.0939. The first-order valence-corrected chi connectivity index (χ1v) is 7.32. The molecule has 1 aromatic carbocycles. The molecule has 0 aliphatic rings. The molecule has 1 amide bonds. The maximum atomic E-state index is 12.2. The van der Waals surface area contributed by atoms with Crippen molar-refractivity contribution in [2.45, 2.75) is 19.9 Å². The monoisotopic (exact) mass is 314 g/mol. The molecule has 2 aromatic heterocycles. The number of benzene rings is 1. The first-order chi connectivity index (χ1) is 10.5. The van der Waals surface area contributed by atoms with Gasteiger partial charge in [-0.2, -0.15) is 5.10 Å². The van der Waals surface area contributed by atoms with E-state index in [9.17, 15) is 4.79 Å². The molecule has 0 atom stereocenters. The molecule has 2 N–H and O–H groups in total. The lowest BCUT2D eigenvalue weighted by Crippen LogP contribution is -2.30. The Kier molecular flexibility index (Phi) is 3.81. The minimum atomic E-state index is -0.192. The fourth-order valence-corrected chi connectivity index (χ4v) is 2.44. The second-order valence-corrected chi connectivity index (χ2v) is 5.79. The molecule has 0 radical (unpaired) electrons. The Morgan fingerprint density at radius 1 is 1.23 bits per heavy atom. The van der Waals surface area contributed by atoms with Gasteiger partial charge in [0, 0.05) is 29.4 Å². The van der Waals surface area contributed by atoms with Gasteiger partial charge in [0.1, 0.15) is 0 Å². The van der Waals surface area contributed by atoms with Crippen molar-refractivity contribution in [3.05, 3.63) is 47.4 Å². The van der Waals surface area contributed by atoms with Gasteiger partial charge in [0.25, 0.3) is 5.91 Å². The molecular formula is C16H15ClN4O. The highest BCUT2D eigenvalue weighted by Crippen LogP contribution is 2.26. The van der Waals surface area contributed by atoms with Crippen LogP contribution >= 0.6 is 11.6 Å². The molecule has 0 aliphatic heterocycles. The number of aromatic amines is 1. The predicted octanol–water partition coefficient (Wildman–Crippen LogP) is 3.42. The standard InChI is InChI=1S/C16H15ClN4O/c1-9(2)19-16(22)15-13-6-10(3-4-14(13)20-21-15)11-5-12(17)8-18-7-11/h3-9H,1-2H3,(H,19,22)(H,20,21). The van der Waals surface area contributed by atoms with Crippen molar-refractivity contribution in [2.75, 3.05) is 0 Å². The quantitative estimate of drug-likeness (QED) is 0.778. The van der Waals surface area contributed by atoms with Gasteiger partial charge in [-0.1, -0.05) is 17.7 Å². The van der Waals surface area contributed by atoms with E-state index in [-0.39, 0.29) is 11.9 Å². The molecule has 0 saturated heterocycles. The van der Waals surface area contributed by atoms with Crippen LogP contribution in [0.5, 0.6) is 0 Å². The molecule has 0 aliphatic carbocycles. The summed E-state index contributed by atoms with van der Waals surface area (Å²) in [7, 11) is 0. The maximum absolute atomic E-state index is 12.2. The summed E-state index contributed by atoms with van der Waals surface area (Å²) in [6, 6.07) is 7.65. The van der Waals surface area contributed by atoms with Crippen molar-refractivity contribution in [1.29, 1.82) is 0 Å². The molecule has 22 heavy (non-hydrogen) atoms. The van der Waals surface area contributed by atoms with Gasteiger partial charge in [0.05, 0.1) is 10.5 Å². The normalized spacial score (nSPS) is 11.1. The molecule has 2 heterocycles. The fraction of sp³-hybridized carbons (Fsp3) is 0.188. The second kappa shape index (κ2) is 5.77. The number of carbonyl (C=O) groups excluding carboxylic acids is 1. The number of fused-ring (bicyclic) bond motifs is 1. The molecule has 0 unspecified atom stereocenters. The summed E-state index contributed by atoms with van der Waals surface area (Å²) in [6.45, 7) is 3.83. The minimum absolute atomic E-state index is 0.0552. The highest BCUT2D eigenvalue weighted by Gasteiger charge is 2.15. The van der Waals surface area contributed by atoms with E-state index in [1.54, 1.807) is 12.4 Å². The van der Waals surface area contributed by atoms with Gasteiger partial charge in [0.15, 0.2) is 5.69 Å². The number of halogens is 1. The van der Waals surface area contributed by atoms with Crippen LogP contribution in [0.3, 0.4) is 0 Å². The van der Waals surface area contributed by atoms with E-state index < -0.39 is 0 Å². The van der Waals surface area contributed by atoms with Crippen LogP contribution in [-0.2, 0) is 0 Å². The summed E-state index contributed by atoms with van der Waals surface area (Å²) in [6.07, 6.45) is 3.32.